The molecule has 2 amide bonds. The monoisotopic (exact) mass is 324 g/mol. The Hall–Kier alpha value is -0.810. The van der Waals surface area contributed by atoms with Crippen LogP contribution in [-0.2, 0) is 9.47 Å². The first-order chi connectivity index (χ1) is 11.3. The van der Waals surface area contributed by atoms with Crippen molar-refractivity contribution in [2.75, 3.05) is 33.0 Å². The highest BCUT2D eigenvalue weighted by atomic mass is 16.5. The number of urea groups is 1. The average molecular weight is 324 g/mol. The van der Waals surface area contributed by atoms with Crippen LogP contribution >= 0.6 is 0 Å². The van der Waals surface area contributed by atoms with Crippen molar-refractivity contribution in [3.8, 4) is 0 Å². The fraction of sp³-hybridized carbons (Fsp3) is 0.944. The molecule has 0 aromatic rings. The normalized spacial score (nSPS) is 31.0. The first kappa shape index (κ1) is 17.0. The Morgan fingerprint density at radius 1 is 1.17 bits per heavy atom. The van der Waals surface area contributed by atoms with Gasteiger partial charge in [-0.25, -0.2) is 4.79 Å². The zero-order valence-electron chi connectivity index (χ0n) is 14.2. The minimum atomic E-state index is -0.00231. The SMILES string of the molecule is O=C(NCCCOC[C@@H]1CCOC1)N[C@@H]1C[C@H]1C1CCCCC1. The molecule has 132 valence electrons. The summed E-state index contributed by atoms with van der Waals surface area (Å²) in [6, 6.07) is 0.425. The van der Waals surface area contributed by atoms with E-state index in [1.54, 1.807) is 0 Å². The third-order valence-electron chi connectivity index (χ3n) is 5.54. The van der Waals surface area contributed by atoms with Crippen LogP contribution in [0.4, 0.5) is 4.79 Å². The van der Waals surface area contributed by atoms with Crippen molar-refractivity contribution in [2.45, 2.75) is 57.4 Å². The molecule has 3 atom stereocenters. The molecule has 0 radical (unpaired) electrons. The van der Waals surface area contributed by atoms with Crippen molar-refractivity contribution in [1.82, 2.24) is 10.6 Å². The molecule has 0 unspecified atom stereocenters. The van der Waals surface area contributed by atoms with Gasteiger partial charge in [-0.2, -0.15) is 0 Å². The van der Waals surface area contributed by atoms with Gasteiger partial charge < -0.3 is 20.1 Å². The molecule has 3 rings (SSSR count). The van der Waals surface area contributed by atoms with E-state index in [-0.39, 0.29) is 6.03 Å². The highest BCUT2D eigenvalue weighted by Crippen LogP contribution is 2.44. The van der Waals surface area contributed by atoms with Gasteiger partial charge in [-0.15, -0.1) is 0 Å². The van der Waals surface area contributed by atoms with E-state index in [4.69, 9.17) is 9.47 Å². The maximum absolute atomic E-state index is 11.9. The predicted octanol–water partition coefficient (Wildman–Crippen LogP) is 2.70. The Labute approximate surface area is 139 Å². The van der Waals surface area contributed by atoms with Crippen molar-refractivity contribution in [1.29, 1.82) is 0 Å². The van der Waals surface area contributed by atoms with Crippen molar-refractivity contribution < 1.29 is 14.3 Å². The van der Waals surface area contributed by atoms with E-state index >= 15 is 0 Å². The summed E-state index contributed by atoms with van der Waals surface area (Å²) < 4.78 is 11.0. The number of carbonyl (C=O) groups excluding carboxylic acids is 1. The van der Waals surface area contributed by atoms with E-state index in [9.17, 15) is 4.79 Å². The van der Waals surface area contributed by atoms with Crippen LogP contribution in [0.5, 0.6) is 0 Å². The van der Waals surface area contributed by atoms with Crippen LogP contribution in [0.2, 0.25) is 0 Å². The van der Waals surface area contributed by atoms with Gasteiger partial charge in [0.05, 0.1) is 13.2 Å². The van der Waals surface area contributed by atoms with Crippen LogP contribution in [0.3, 0.4) is 0 Å². The smallest absolute Gasteiger partial charge is 0.315 e. The van der Waals surface area contributed by atoms with E-state index in [1.165, 1.54) is 38.5 Å². The third kappa shape index (κ3) is 5.64. The number of rotatable bonds is 8. The molecule has 1 heterocycles. The number of hydrogen-bond acceptors (Lipinski definition) is 3. The number of ether oxygens (including phenoxy) is 2. The average Bonchev–Trinajstić information content (AvgIpc) is 3.13. The van der Waals surface area contributed by atoms with Gasteiger partial charge in [0.25, 0.3) is 0 Å². The maximum Gasteiger partial charge on any atom is 0.315 e. The second-order valence-electron chi connectivity index (χ2n) is 7.46. The van der Waals surface area contributed by atoms with Crippen LogP contribution in [0, 0.1) is 17.8 Å². The van der Waals surface area contributed by atoms with E-state index in [2.05, 4.69) is 10.6 Å². The van der Waals surface area contributed by atoms with Gasteiger partial charge in [-0.05, 0) is 31.1 Å². The summed E-state index contributed by atoms with van der Waals surface area (Å²) in [6.07, 6.45) is 10.1. The summed E-state index contributed by atoms with van der Waals surface area (Å²) in [5.74, 6) is 2.18. The molecular weight excluding hydrogens is 292 g/mol. The van der Waals surface area contributed by atoms with Crippen LogP contribution < -0.4 is 10.6 Å². The lowest BCUT2D eigenvalue weighted by Gasteiger charge is -2.21. The molecule has 2 N–H and O–H groups in total. The largest absolute Gasteiger partial charge is 0.381 e. The Morgan fingerprint density at radius 2 is 2.04 bits per heavy atom. The van der Waals surface area contributed by atoms with Gasteiger partial charge in [0, 0.05) is 31.7 Å². The van der Waals surface area contributed by atoms with Gasteiger partial charge in [0.2, 0.25) is 0 Å². The van der Waals surface area contributed by atoms with E-state index in [1.807, 2.05) is 0 Å². The summed E-state index contributed by atoms with van der Waals surface area (Å²) in [4.78, 5) is 11.9. The molecule has 0 aromatic carbocycles. The number of hydrogen-bond donors (Lipinski definition) is 2. The second-order valence-corrected chi connectivity index (χ2v) is 7.46. The van der Waals surface area contributed by atoms with E-state index in [0.29, 0.717) is 25.1 Å². The second kappa shape index (κ2) is 8.88. The lowest BCUT2D eigenvalue weighted by atomic mass is 9.85. The molecule has 0 aromatic heterocycles. The first-order valence-electron chi connectivity index (χ1n) is 9.53. The van der Waals surface area contributed by atoms with E-state index in [0.717, 1.165) is 44.5 Å². The fourth-order valence-corrected chi connectivity index (χ4v) is 4.02. The summed E-state index contributed by atoms with van der Waals surface area (Å²) in [5.41, 5.74) is 0. The van der Waals surface area contributed by atoms with Crippen LogP contribution in [0.25, 0.3) is 0 Å². The molecule has 1 aliphatic heterocycles. The Morgan fingerprint density at radius 3 is 2.83 bits per heavy atom. The molecule has 23 heavy (non-hydrogen) atoms. The summed E-state index contributed by atoms with van der Waals surface area (Å²) >= 11 is 0. The highest BCUT2D eigenvalue weighted by Gasteiger charge is 2.43. The molecule has 2 aliphatic carbocycles. The lowest BCUT2D eigenvalue weighted by Crippen LogP contribution is -2.38. The summed E-state index contributed by atoms with van der Waals surface area (Å²) in [5, 5.41) is 6.08. The summed E-state index contributed by atoms with van der Waals surface area (Å²) in [6.45, 7) is 3.90. The highest BCUT2D eigenvalue weighted by molar-refractivity contribution is 5.74. The standard InChI is InChI=1S/C18H32N2O3/c21-18(19-8-4-9-22-12-14-7-10-23-13-14)20-17-11-16(17)15-5-2-1-3-6-15/h14-17H,1-13H2,(H2,19,20,21)/t14-,16-,17+/m0/s1. The molecule has 0 bridgehead atoms. The molecular formula is C18H32N2O3. The van der Waals surface area contributed by atoms with Gasteiger partial charge in [-0.3, -0.25) is 0 Å². The minimum Gasteiger partial charge on any atom is -0.381 e. The number of nitrogens with one attached hydrogen (secondary N) is 2. The zero-order valence-corrected chi connectivity index (χ0v) is 14.2. The Balaban J connectivity index is 1.17. The Bertz CT molecular complexity index is 365. The van der Waals surface area contributed by atoms with E-state index < -0.39 is 0 Å². The van der Waals surface area contributed by atoms with Crippen molar-refractivity contribution >= 4 is 6.03 Å². The topological polar surface area (TPSA) is 59.6 Å². The number of carbonyl (C=O) groups is 1. The molecule has 3 aliphatic rings. The maximum atomic E-state index is 11.9. The number of amides is 2. The molecule has 5 nitrogen and oxygen atoms in total. The zero-order chi connectivity index (χ0) is 15.9. The predicted molar refractivity (Wildman–Crippen MR) is 89.4 cm³/mol. The minimum absolute atomic E-state index is 0.00231. The lowest BCUT2D eigenvalue weighted by molar-refractivity contribution is 0.0885. The molecule has 2 saturated carbocycles. The Kier molecular flexibility index (Phi) is 6.57. The quantitative estimate of drug-likeness (QED) is 0.675. The van der Waals surface area contributed by atoms with Crippen LogP contribution in [0.1, 0.15) is 51.4 Å². The third-order valence-corrected chi connectivity index (χ3v) is 5.54. The van der Waals surface area contributed by atoms with Crippen LogP contribution in [-0.4, -0.2) is 45.0 Å². The molecule has 0 spiro atoms. The van der Waals surface area contributed by atoms with Gasteiger partial charge in [0.1, 0.15) is 0 Å². The fourth-order valence-electron chi connectivity index (χ4n) is 4.02. The molecule has 5 heteroatoms. The van der Waals surface area contributed by atoms with Gasteiger partial charge in [-0.1, -0.05) is 32.1 Å². The van der Waals surface area contributed by atoms with Crippen LogP contribution in [0.15, 0.2) is 0 Å². The first-order valence-corrected chi connectivity index (χ1v) is 9.53. The van der Waals surface area contributed by atoms with Crippen molar-refractivity contribution in [3.63, 3.8) is 0 Å². The van der Waals surface area contributed by atoms with Crippen molar-refractivity contribution in [3.05, 3.63) is 0 Å². The van der Waals surface area contributed by atoms with Gasteiger partial charge >= 0.3 is 6.03 Å². The van der Waals surface area contributed by atoms with Crippen molar-refractivity contribution in [2.24, 2.45) is 17.8 Å². The summed E-state index contributed by atoms with van der Waals surface area (Å²) in [7, 11) is 0. The van der Waals surface area contributed by atoms with Gasteiger partial charge in [0.15, 0.2) is 0 Å². The molecule has 1 saturated heterocycles. The molecule has 3 fully saturated rings.